The summed E-state index contributed by atoms with van der Waals surface area (Å²) in [6, 6.07) is 6.96. The lowest BCUT2D eigenvalue weighted by Crippen LogP contribution is -2.42. The lowest BCUT2D eigenvalue weighted by atomic mass is 10.3. The number of halogens is 1. The molecule has 1 aromatic heterocycles. The van der Waals surface area contributed by atoms with Gasteiger partial charge in [-0.3, -0.25) is 14.7 Å². The van der Waals surface area contributed by atoms with Crippen LogP contribution in [-0.4, -0.2) is 51.6 Å². The van der Waals surface area contributed by atoms with Crippen molar-refractivity contribution in [2.75, 3.05) is 24.5 Å². The van der Waals surface area contributed by atoms with Gasteiger partial charge < -0.3 is 10.2 Å². The minimum Gasteiger partial charge on any atom is -0.341 e. The lowest BCUT2D eigenvalue weighted by Gasteiger charge is -2.19. The number of carbonyl (C=O) groups is 2. The summed E-state index contributed by atoms with van der Waals surface area (Å²) in [6.07, 6.45) is 2.20. The van der Waals surface area contributed by atoms with Gasteiger partial charge >= 0.3 is 6.03 Å². The summed E-state index contributed by atoms with van der Waals surface area (Å²) in [5, 5.41) is 14.1. The van der Waals surface area contributed by atoms with Crippen molar-refractivity contribution in [2.45, 2.75) is 37.1 Å². The molecule has 8 nitrogen and oxygen atoms in total. The fourth-order valence-corrected chi connectivity index (χ4v) is 4.01. The molecule has 0 saturated carbocycles. The molecule has 1 unspecified atom stereocenters. The van der Waals surface area contributed by atoms with Gasteiger partial charge in [-0.25, -0.2) is 4.79 Å². The van der Waals surface area contributed by atoms with E-state index in [1.165, 1.54) is 11.8 Å². The number of nitrogens with zero attached hydrogens (tertiary/aromatic N) is 4. The molecule has 1 saturated heterocycles. The minimum absolute atomic E-state index is 0.396. The van der Waals surface area contributed by atoms with Gasteiger partial charge in [0.2, 0.25) is 11.9 Å². The third kappa shape index (κ3) is 4.59. The molecule has 2 heterocycles. The topological polar surface area (TPSA) is 92.2 Å². The third-order valence-corrected chi connectivity index (χ3v) is 5.69. The Labute approximate surface area is 173 Å². The second-order valence-electron chi connectivity index (χ2n) is 6.37. The van der Waals surface area contributed by atoms with E-state index in [0.717, 1.165) is 31.6 Å². The van der Waals surface area contributed by atoms with Crippen molar-refractivity contribution in [3.05, 3.63) is 29.3 Å². The van der Waals surface area contributed by atoms with E-state index in [-0.39, 0.29) is 0 Å². The Morgan fingerprint density at radius 1 is 1.25 bits per heavy atom. The highest BCUT2D eigenvalue weighted by atomic mass is 35.5. The highest BCUT2D eigenvalue weighted by molar-refractivity contribution is 8.00. The number of amides is 3. The maximum absolute atomic E-state index is 12.3. The SMILES string of the molecule is CCNC(=O)NC(=O)C(C)Sc1nnc(N2CCCC2)n1-c1ccccc1Cl. The van der Waals surface area contributed by atoms with Crippen LogP contribution in [0.5, 0.6) is 0 Å². The molecule has 3 rings (SSSR count). The van der Waals surface area contributed by atoms with Crippen LogP contribution in [-0.2, 0) is 4.79 Å². The van der Waals surface area contributed by atoms with Gasteiger partial charge in [0.05, 0.1) is 16.0 Å². The Bertz CT molecular complexity index is 852. The van der Waals surface area contributed by atoms with Gasteiger partial charge in [0.1, 0.15) is 0 Å². The first-order valence-corrected chi connectivity index (χ1v) is 10.5. The predicted octanol–water partition coefficient (Wildman–Crippen LogP) is 2.85. The number of carbonyl (C=O) groups excluding carboxylic acids is 2. The summed E-state index contributed by atoms with van der Waals surface area (Å²) in [5.74, 6) is 0.316. The largest absolute Gasteiger partial charge is 0.341 e. The Hall–Kier alpha value is -2.26. The normalized spacial score (nSPS) is 14.8. The van der Waals surface area contributed by atoms with Gasteiger partial charge in [-0.05, 0) is 38.8 Å². The number of hydrogen-bond donors (Lipinski definition) is 2. The van der Waals surface area contributed by atoms with Gasteiger partial charge in [-0.1, -0.05) is 35.5 Å². The molecular formula is C18H23ClN6O2S. The van der Waals surface area contributed by atoms with E-state index in [0.29, 0.717) is 22.7 Å². The summed E-state index contributed by atoms with van der Waals surface area (Å²) in [6.45, 7) is 5.76. The molecule has 0 radical (unpaired) electrons. The summed E-state index contributed by atoms with van der Waals surface area (Å²) in [4.78, 5) is 26.1. The molecule has 3 amide bonds. The number of rotatable bonds is 6. The van der Waals surface area contributed by atoms with E-state index < -0.39 is 17.2 Å². The molecule has 28 heavy (non-hydrogen) atoms. The average Bonchev–Trinajstić information content (AvgIpc) is 3.32. The molecule has 1 fully saturated rings. The minimum atomic E-state index is -0.542. The first kappa shape index (κ1) is 20.5. The molecular weight excluding hydrogens is 400 g/mol. The van der Waals surface area contributed by atoms with E-state index in [4.69, 9.17) is 11.6 Å². The van der Waals surface area contributed by atoms with Gasteiger partial charge in [-0.15, -0.1) is 10.2 Å². The van der Waals surface area contributed by atoms with Crippen molar-refractivity contribution < 1.29 is 9.59 Å². The molecule has 1 aliphatic heterocycles. The highest BCUT2D eigenvalue weighted by Crippen LogP contribution is 2.33. The maximum atomic E-state index is 12.3. The summed E-state index contributed by atoms with van der Waals surface area (Å²) >= 11 is 7.67. The number of anilines is 1. The zero-order valence-electron chi connectivity index (χ0n) is 15.8. The molecule has 1 aliphatic rings. The first-order valence-electron chi connectivity index (χ1n) is 9.22. The van der Waals surface area contributed by atoms with E-state index in [1.807, 2.05) is 28.8 Å². The second kappa shape index (κ2) is 9.29. The number of nitrogens with one attached hydrogen (secondary N) is 2. The van der Waals surface area contributed by atoms with Crippen LogP contribution in [0.4, 0.5) is 10.7 Å². The lowest BCUT2D eigenvalue weighted by molar-refractivity contribution is -0.119. The van der Waals surface area contributed by atoms with Crippen molar-refractivity contribution >= 4 is 41.2 Å². The van der Waals surface area contributed by atoms with Gasteiger partial charge in [-0.2, -0.15) is 0 Å². The smallest absolute Gasteiger partial charge is 0.321 e. The summed E-state index contributed by atoms with van der Waals surface area (Å²) in [7, 11) is 0. The molecule has 10 heteroatoms. The monoisotopic (exact) mass is 422 g/mol. The zero-order chi connectivity index (χ0) is 20.1. The molecule has 1 aromatic carbocycles. The molecule has 150 valence electrons. The van der Waals surface area contributed by atoms with Crippen molar-refractivity contribution in [2.24, 2.45) is 0 Å². The second-order valence-corrected chi connectivity index (χ2v) is 8.09. The van der Waals surface area contributed by atoms with Gasteiger partial charge in [0.25, 0.3) is 0 Å². The van der Waals surface area contributed by atoms with Crippen LogP contribution < -0.4 is 15.5 Å². The number of aromatic nitrogens is 3. The average molecular weight is 423 g/mol. The first-order chi connectivity index (χ1) is 13.5. The maximum Gasteiger partial charge on any atom is 0.321 e. The Kier molecular flexibility index (Phi) is 6.79. The van der Waals surface area contributed by atoms with Crippen LogP contribution in [0.1, 0.15) is 26.7 Å². The van der Waals surface area contributed by atoms with Gasteiger partial charge in [0, 0.05) is 19.6 Å². The molecule has 2 N–H and O–H groups in total. The standard InChI is InChI=1S/C18H23ClN6O2S/c1-3-20-16(27)21-15(26)12(2)28-18-23-22-17(24-10-6-7-11-24)25(18)14-9-5-4-8-13(14)19/h4-5,8-9,12H,3,6-7,10-11H2,1-2H3,(H2,20,21,26,27). The summed E-state index contributed by atoms with van der Waals surface area (Å²) < 4.78 is 1.88. The fourth-order valence-electron chi connectivity index (χ4n) is 2.93. The number of imide groups is 1. The molecule has 2 aromatic rings. The summed E-state index contributed by atoms with van der Waals surface area (Å²) in [5.41, 5.74) is 0.759. The van der Waals surface area contributed by atoms with Gasteiger partial charge in [0.15, 0.2) is 5.16 Å². The van der Waals surface area contributed by atoms with Crippen molar-refractivity contribution in [1.29, 1.82) is 0 Å². The number of hydrogen-bond acceptors (Lipinski definition) is 6. The van der Waals surface area contributed by atoms with Crippen molar-refractivity contribution in [3.8, 4) is 5.69 Å². The third-order valence-electron chi connectivity index (χ3n) is 4.32. The Morgan fingerprint density at radius 2 is 1.96 bits per heavy atom. The number of benzene rings is 1. The van der Waals surface area contributed by atoms with E-state index in [9.17, 15) is 9.59 Å². The van der Waals surface area contributed by atoms with Crippen LogP contribution >= 0.6 is 23.4 Å². The molecule has 0 aliphatic carbocycles. The Morgan fingerprint density at radius 3 is 2.64 bits per heavy atom. The fraction of sp³-hybridized carbons (Fsp3) is 0.444. The quantitative estimate of drug-likeness (QED) is 0.695. The van der Waals surface area contributed by atoms with Crippen LogP contribution in [0, 0.1) is 0 Å². The van der Waals surface area contributed by atoms with Crippen LogP contribution in [0.15, 0.2) is 29.4 Å². The van der Waals surface area contributed by atoms with Crippen LogP contribution in [0.2, 0.25) is 5.02 Å². The van der Waals surface area contributed by atoms with E-state index in [2.05, 4.69) is 25.7 Å². The van der Waals surface area contributed by atoms with E-state index >= 15 is 0 Å². The van der Waals surface area contributed by atoms with Crippen LogP contribution in [0.3, 0.4) is 0 Å². The Balaban J connectivity index is 1.87. The van der Waals surface area contributed by atoms with Crippen molar-refractivity contribution in [3.63, 3.8) is 0 Å². The molecule has 1 atom stereocenters. The molecule has 0 bridgehead atoms. The number of thioether (sulfide) groups is 1. The predicted molar refractivity (Wildman–Crippen MR) is 110 cm³/mol. The highest BCUT2D eigenvalue weighted by Gasteiger charge is 2.26. The number of para-hydroxylation sites is 1. The van der Waals surface area contributed by atoms with Crippen LogP contribution in [0.25, 0.3) is 5.69 Å². The number of urea groups is 1. The molecule has 0 spiro atoms. The van der Waals surface area contributed by atoms with E-state index in [1.54, 1.807) is 13.8 Å². The zero-order valence-corrected chi connectivity index (χ0v) is 17.4. The van der Waals surface area contributed by atoms with Crippen molar-refractivity contribution in [1.82, 2.24) is 25.4 Å².